The quantitative estimate of drug-likeness (QED) is 0.815. The minimum Gasteiger partial charge on any atom is -0.379 e. The molecule has 0 bridgehead atoms. The molecular formula is C13H25FN2O. The zero-order chi connectivity index (χ0) is 12.3. The molecule has 3 atom stereocenters. The summed E-state index contributed by atoms with van der Waals surface area (Å²) in [6.45, 7) is 7.73. The Morgan fingerprint density at radius 3 is 2.53 bits per heavy atom. The van der Waals surface area contributed by atoms with Gasteiger partial charge in [0.05, 0.1) is 13.2 Å². The fourth-order valence-corrected chi connectivity index (χ4v) is 2.98. The third kappa shape index (κ3) is 3.63. The van der Waals surface area contributed by atoms with E-state index in [0.717, 1.165) is 39.1 Å². The van der Waals surface area contributed by atoms with Crippen molar-refractivity contribution < 1.29 is 9.13 Å². The molecule has 1 saturated heterocycles. The first-order valence-corrected chi connectivity index (χ1v) is 6.88. The molecular weight excluding hydrogens is 219 g/mol. The summed E-state index contributed by atoms with van der Waals surface area (Å²) in [4.78, 5) is 2.40. The van der Waals surface area contributed by atoms with Crippen molar-refractivity contribution in [3.8, 4) is 0 Å². The molecule has 0 aromatic heterocycles. The second kappa shape index (κ2) is 6.12. The molecule has 2 rings (SSSR count). The third-order valence-electron chi connectivity index (χ3n) is 3.85. The van der Waals surface area contributed by atoms with Crippen LogP contribution in [0.2, 0.25) is 0 Å². The van der Waals surface area contributed by atoms with E-state index in [0.29, 0.717) is 18.5 Å². The Bertz CT molecular complexity index is 231. The average molecular weight is 244 g/mol. The summed E-state index contributed by atoms with van der Waals surface area (Å²) >= 11 is 0. The van der Waals surface area contributed by atoms with Gasteiger partial charge < -0.3 is 10.1 Å². The molecule has 0 amide bonds. The van der Waals surface area contributed by atoms with Gasteiger partial charge in [0.25, 0.3) is 0 Å². The standard InChI is InChI=1S/C13H25FN2O/c1-10(2)15-13-4-3-11(9-12(13)14)16-5-7-17-8-6-16/h10-13,15H,3-9H2,1-2H3. The highest BCUT2D eigenvalue weighted by molar-refractivity contribution is 4.90. The van der Waals surface area contributed by atoms with Crippen LogP contribution in [0.1, 0.15) is 33.1 Å². The smallest absolute Gasteiger partial charge is 0.117 e. The van der Waals surface area contributed by atoms with Crippen LogP contribution >= 0.6 is 0 Å². The molecule has 3 nitrogen and oxygen atoms in total. The van der Waals surface area contributed by atoms with Gasteiger partial charge in [-0.05, 0) is 19.3 Å². The van der Waals surface area contributed by atoms with Crippen LogP contribution in [-0.2, 0) is 4.74 Å². The molecule has 17 heavy (non-hydrogen) atoms. The maximum Gasteiger partial charge on any atom is 0.117 e. The van der Waals surface area contributed by atoms with Crippen LogP contribution in [0.4, 0.5) is 4.39 Å². The molecule has 4 heteroatoms. The fourth-order valence-electron chi connectivity index (χ4n) is 2.98. The lowest BCUT2D eigenvalue weighted by Gasteiger charge is -2.40. The Kier molecular flexibility index (Phi) is 4.77. The van der Waals surface area contributed by atoms with E-state index in [-0.39, 0.29) is 6.04 Å². The fraction of sp³-hybridized carbons (Fsp3) is 1.00. The molecule has 0 aromatic carbocycles. The SMILES string of the molecule is CC(C)NC1CCC(N2CCOCC2)CC1F. The van der Waals surface area contributed by atoms with Crippen LogP contribution in [0.15, 0.2) is 0 Å². The first-order valence-electron chi connectivity index (χ1n) is 6.88. The van der Waals surface area contributed by atoms with Crippen LogP contribution < -0.4 is 5.32 Å². The van der Waals surface area contributed by atoms with Gasteiger partial charge in [0.15, 0.2) is 0 Å². The first kappa shape index (κ1) is 13.2. The maximum absolute atomic E-state index is 14.1. The summed E-state index contributed by atoms with van der Waals surface area (Å²) in [5.74, 6) is 0. The van der Waals surface area contributed by atoms with Crippen molar-refractivity contribution in [3.63, 3.8) is 0 Å². The molecule has 1 N–H and O–H groups in total. The van der Waals surface area contributed by atoms with Crippen LogP contribution in [0.5, 0.6) is 0 Å². The van der Waals surface area contributed by atoms with E-state index in [1.165, 1.54) is 0 Å². The number of rotatable bonds is 3. The van der Waals surface area contributed by atoms with Crippen LogP contribution in [0.25, 0.3) is 0 Å². The van der Waals surface area contributed by atoms with Crippen molar-refractivity contribution >= 4 is 0 Å². The lowest BCUT2D eigenvalue weighted by atomic mass is 9.88. The minimum absolute atomic E-state index is 0.0623. The largest absolute Gasteiger partial charge is 0.379 e. The van der Waals surface area contributed by atoms with Gasteiger partial charge in [0.2, 0.25) is 0 Å². The second-order valence-corrected chi connectivity index (χ2v) is 5.56. The van der Waals surface area contributed by atoms with Crippen molar-refractivity contribution in [1.29, 1.82) is 0 Å². The summed E-state index contributed by atoms with van der Waals surface area (Å²) in [6.07, 6.45) is 2.07. The lowest BCUT2D eigenvalue weighted by molar-refractivity contribution is -0.00486. The van der Waals surface area contributed by atoms with E-state index in [9.17, 15) is 4.39 Å². The van der Waals surface area contributed by atoms with Crippen molar-refractivity contribution in [3.05, 3.63) is 0 Å². The molecule has 2 aliphatic rings. The monoisotopic (exact) mass is 244 g/mol. The Hall–Kier alpha value is -0.190. The topological polar surface area (TPSA) is 24.5 Å². The van der Waals surface area contributed by atoms with Gasteiger partial charge in [-0.2, -0.15) is 0 Å². The summed E-state index contributed by atoms with van der Waals surface area (Å²) in [5.41, 5.74) is 0. The van der Waals surface area contributed by atoms with Crippen molar-refractivity contribution in [2.75, 3.05) is 26.3 Å². The van der Waals surface area contributed by atoms with Gasteiger partial charge in [-0.25, -0.2) is 4.39 Å². The molecule has 1 saturated carbocycles. The number of ether oxygens (including phenoxy) is 1. The zero-order valence-electron chi connectivity index (χ0n) is 11.0. The van der Waals surface area contributed by atoms with Gasteiger partial charge in [-0.3, -0.25) is 4.90 Å². The van der Waals surface area contributed by atoms with Crippen molar-refractivity contribution in [2.45, 2.75) is 57.4 Å². The van der Waals surface area contributed by atoms with E-state index >= 15 is 0 Å². The summed E-state index contributed by atoms with van der Waals surface area (Å²) in [5, 5.41) is 3.34. The van der Waals surface area contributed by atoms with Gasteiger partial charge >= 0.3 is 0 Å². The summed E-state index contributed by atoms with van der Waals surface area (Å²) < 4.78 is 19.4. The third-order valence-corrected chi connectivity index (χ3v) is 3.85. The minimum atomic E-state index is -0.695. The summed E-state index contributed by atoms with van der Waals surface area (Å²) in [6, 6.07) is 0.865. The van der Waals surface area contributed by atoms with Crippen LogP contribution in [0.3, 0.4) is 0 Å². The Balaban J connectivity index is 1.81. The molecule has 0 spiro atoms. The number of nitrogens with one attached hydrogen (secondary N) is 1. The van der Waals surface area contributed by atoms with Gasteiger partial charge in [0.1, 0.15) is 6.17 Å². The van der Waals surface area contributed by atoms with Crippen molar-refractivity contribution in [1.82, 2.24) is 10.2 Å². The number of morpholine rings is 1. The van der Waals surface area contributed by atoms with Crippen molar-refractivity contribution in [2.24, 2.45) is 0 Å². The van der Waals surface area contributed by atoms with E-state index < -0.39 is 6.17 Å². The number of alkyl halides is 1. The van der Waals surface area contributed by atoms with Crippen LogP contribution in [-0.4, -0.2) is 55.5 Å². The van der Waals surface area contributed by atoms with E-state index in [4.69, 9.17) is 4.74 Å². The molecule has 0 aromatic rings. The van der Waals surface area contributed by atoms with E-state index in [1.54, 1.807) is 0 Å². The Morgan fingerprint density at radius 2 is 1.94 bits per heavy atom. The Morgan fingerprint density at radius 1 is 1.24 bits per heavy atom. The van der Waals surface area contributed by atoms with Gasteiger partial charge in [-0.15, -0.1) is 0 Å². The van der Waals surface area contributed by atoms with E-state index in [2.05, 4.69) is 24.1 Å². The normalized spacial score (nSPS) is 36.4. The predicted molar refractivity (Wildman–Crippen MR) is 67.0 cm³/mol. The Labute approximate surface area is 104 Å². The highest BCUT2D eigenvalue weighted by Crippen LogP contribution is 2.26. The first-order chi connectivity index (χ1) is 8.16. The number of hydrogen-bond acceptors (Lipinski definition) is 3. The number of hydrogen-bond donors (Lipinski definition) is 1. The highest BCUT2D eigenvalue weighted by atomic mass is 19.1. The molecule has 0 radical (unpaired) electrons. The number of nitrogens with zero attached hydrogens (tertiary/aromatic N) is 1. The summed E-state index contributed by atoms with van der Waals surface area (Å²) in [7, 11) is 0. The van der Waals surface area contributed by atoms with Crippen LogP contribution in [0, 0.1) is 0 Å². The predicted octanol–water partition coefficient (Wildman–Crippen LogP) is 1.58. The highest BCUT2D eigenvalue weighted by Gasteiger charge is 2.33. The van der Waals surface area contributed by atoms with E-state index in [1.807, 2.05) is 0 Å². The molecule has 1 heterocycles. The maximum atomic E-state index is 14.1. The second-order valence-electron chi connectivity index (χ2n) is 5.56. The number of halogens is 1. The average Bonchev–Trinajstić information content (AvgIpc) is 2.32. The van der Waals surface area contributed by atoms with Gasteiger partial charge in [0, 0.05) is 31.2 Å². The van der Waals surface area contributed by atoms with Gasteiger partial charge in [-0.1, -0.05) is 13.8 Å². The lowest BCUT2D eigenvalue weighted by Crippen LogP contribution is -2.52. The molecule has 1 aliphatic heterocycles. The molecule has 1 aliphatic carbocycles. The molecule has 3 unspecified atom stereocenters. The molecule has 2 fully saturated rings. The zero-order valence-corrected chi connectivity index (χ0v) is 11.0. The molecule has 100 valence electrons.